The highest BCUT2D eigenvalue weighted by Gasteiger charge is 2.31. The average molecular weight is 1560 g/mol. The van der Waals surface area contributed by atoms with E-state index in [9.17, 15) is 43.2 Å². The zero-order valence-corrected chi connectivity index (χ0v) is 72.4. The molecule has 0 aliphatic carbocycles. The molecule has 0 saturated heterocycles. The van der Waals surface area contributed by atoms with Gasteiger partial charge in [-0.2, -0.15) is 0 Å². The molecule has 0 aliphatic heterocycles. The molecule has 0 aromatic carbocycles. The van der Waals surface area contributed by atoms with Crippen molar-refractivity contribution in [1.29, 1.82) is 0 Å². The van der Waals surface area contributed by atoms with Crippen molar-refractivity contribution in [2.75, 3.05) is 39.6 Å². The molecule has 17 nitrogen and oxygen atoms in total. The summed E-state index contributed by atoms with van der Waals surface area (Å²) in [5, 5.41) is 10.7. The monoisotopic (exact) mass is 1560 g/mol. The molecule has 0 bridgehead atoms. The Hall–Kier alpha value is -1.94. The van der Waals surface area contributed by atoms with Gasteiger partial charge in [-0.05, 0) is 43.4 Å². The summed E-state index contributed by atoms with van der Waals surface area (Å²) in [5.41, 5.74) is 0. The van der Waals surface area contributed by atoms with Crippen LogP contribution in [0.5, 0.6) is 0 Å². The van der Waals surface area contributed by atoms with Crippen LogP contribution >= 0.6 is 15.6 Å². The van der Waals surface area contributed by atoms with Gasteiger partial charge in [0.25, 0.3) is 0 Å². The third kappa shape index (κ3) is 79.1. The highest BCUT2D eigenvalue weighted by molar-refractivity contribution is 7.47. The maximum Gasteiger partial charge on any atom is 0.472 e. The van der Waals surface area contributed by atoms with Crippen LogP contribution in [0.4, 0.5) is 0 Å². The molecule has 107 heavy (non-hydrogen) atoms. The lowest BCUT2D eigenvalue weighted by molar-refractivity contribution is -0.161. The van der Waals surface area contributed by atoms with E-state index in [0.29, 0.717) is 25.7 Å². The van der Waals surface area contributed by atoms with Gasteiger partial charge >= 0.3 is 39.5 Å². The predicted molar refractivity (Wildman–Crippen MR) is 441 cm³/mol. The average Bonchev–Trinajstić information content (AvgIpc) is 0.905. The third-order valence-corrected chi connectivity index (χ3v) is 23.3. The van der Waals surface area contributed by atoms with E-state index in [2.05, 4.69) is 48.5 Å². The minimum absolute atomic E-state index is 0.107. The molecule has 0 radical (unpaired) electrons. The van der Waals surface area contributed by atoms with Gasteiger partial charge in [0.05, 0.1) is 26.4 Å². The third-order valence-electron chi connectivity index (χ3n) is 21.4. The summed E-state index contributed by atoms with van der Waals surface area (Å²) in [6.07, 6.45) is 69.5. The van der Waals surface area contributed by atoms with E-state index < -0.39 is 97.5 Å². The SMILES string of the molecule is CCCCCCCCCCCCCCC(=O)O[C@H](COC(=O)CCCCCCCCCCC(C)C)COP(=O)(O)OC[C@H](O)COP(=O)(O)OC[C@@H](COC(=O)CCCCCCCCCCCCCCCCCCCCC(C)CC)OC(=O)CCCCCCCCCCCCCCCCCCCCC(C)CC. The maximum absolute atomic E-state index is 13.2. The first-order valence-electron chi connectivity index (χ1n) is 45.4. The van der Waals surface area contributed by atoms with Gasteiger partial charge in [-0.25, -0.2) is 9.13 Å². The quantitative estimate of drug-likeness (QED) is 0.0222. The van der Waals surface area contributed by atoms with Gasteiger partial charge in [0.2, 0.25) is 0 Å². The molecule has 3 N–H and O–H groups in total. The summed E-state index contributed by atoms with van der Waals surface area (Å²) >= 11 is 0. The van der Waals surface area contributed by atoms with Crippen LogP contribution in [0.1, 0.15) is 466 Å². The fraction of sp³-hybridized carbons (Fsp3) is 0.955. The lowest BCUT2D eigenvalue weighted by atomic mass is 9.99. The summed E-state index contributed by atoms with van der Waals surface area (Å²) in [6, 6.07) is 0. The van der Waals surface area contributed by atoms with Crippen LogP contribution < -0.4 is 0 Å². The number of rotatable bonds is 86. The Morgan fingerprint density at radius 2 is 0.477 bits per heavy atom. The van der Waals surface area contributed by atoms with Crippen molar-refractivity contribution >= 4 is 39.5 Å². The molecule has 7 atom stereocenters. The smallest absolute Gasteiger partial charge is 0.462 e. The van der Waals surface area contributed by atoms with E-state index in [1.807, 2.05) is 0 Å². The number of ether oxygens (including phenoxy) is 4. The molecule has 636 valence electrons. The number of phosphoric ester groups is 2. The number of hydrogen-bond donors (Lipinski definition) is 3. The summed E-state index contributed by atoms with van der Waals surface area (Å²) in [4.78, 5) is 73.2. The Kier molecular flexibility index (Phi) is 76.6. The van der Waals surface area contributed by atoms with Crippen LogP contribution in [-0.2, 0) is 65.4 Å². The number of esters is 4. The Morgan fingerprint density at radius 3 is 0.710 bits per heavy atom. The molecule has 0 fully saturated rings. The van der Waals surface area contributed by atoms with E-state index >= 15 is 0 Å². The lowest BCUT2D eigenvalue weighted by Gasteiger charge is -2.21. The number of phosphoric acid groups is 2. The summed E-state index contributed by atoms with van der Waals surface area (Å²) in [7, 11) is -9.93. The standard InChI is InChI=1S/C88H172O17P2/c1-8-11-12-13-14-15-16-35-41-50-57-64-71-87(92)105-84(76-99-86(91)70-63-56-49-44-43-45-52-59-66-79(4)5)78-103-107(96,97)101-74-82(89)73-100-106(94,95)102-77-83(104-88(93)72-65-58-51-42-37-32-28-24-20-18-22-26-30-34-39-47-54-61-68-81(7)10-3)75-98-85(90)69-62-55-48-40-36-31-27-23-19-17-21-25-29-33-38-46-53-60-67-80(6)9-2/h79-84,89H,8-78H2,1-7H3,(H,94,95)(H,96,97)/t80?,81?,82-,83-,84-/m1/s1. The van der Waals surface area contributed by atoms with Crippen molar-refractivity contribution in [3.05, 3.63) is 0 Å². The molecule has 0 saturated carbocycles. The maximum atomic E-state index is 13.2. The van der Waals surface area contributed by atoms with Crippen molar-refractivity contribution in [3.63, 3.8) is 0 Å². The molecule has 0 aromatic heterocycles. The lowest BCUT2D eigenvalue weighted by Crippen LogP contribution is -2.30. The largest absolute Gasteiger partial charge is 0.472 e. The topological polar surface area (TPSA) is 237 Å². The van der Waals surface area contributed by atoms with E-state index in [-0.39, 0.29) is 25.7 Å². The van der Waals surface area contributed by atoms with Crippen molar-refractivity contribution in [1.82, 2.24) is 0 Å². The normalized spacial score (nSPS) is 14.3. The zero-order valence-electron chi connectivity index (χ0n) is 70.6. The van der Waals surface area contributed by atoms with Crippen molar-refractivity contribution in [2.24, 2.45) is 17.8 Å². The van der Waals surface area contributed by atoms with Crippen LogP contribution in [0.25, 0.3) is 0 Å². The Morgan fingerprint density at radius 1 is 0.271 bits per heavy atom. The number of aliphatic hydroxyl groups is 1. The van der Waals surface area contributed by atoms with Gasteiger partial charge in [-0.3, -0.25) is 37.3 Å². The van der Waals surface area contributed by atoms with Crippen LogP contribution in [0.2, 0.25) is 0 Å². The molecule has 0 aromatic rings. The molecular weight excluding hydrogens is 1390 g/mol. The second-order valence-electron chi connectivity index (χ2n) is 32.6. The molecule has 0 rings (SSSR count). The molecule has 4 unspecified atom stereocenters. The molecule has 0 amide bonds. The van der Waals surface area contributed by atoms with Crippen molar-refractivity contribution in [3.8, 4) is 0 Å². The number of carbonyl (C=O) groups is 4. The van der Waals surface area contributed by atoms with Gasteiger partial charge in [-0.1, -0.05) is 414 Å². The second kappa shape index (κ2) is 78.0. The number of aliphatic hydroxyl groups excluding tert-OH is 1. The second-order valence-corrected chi connectivity index (χ2v) is 35.5. The summed E-state index contributed by atoms with van der Waals surface area (Å²) < 4.78 is 68.9. The van der Waals surface area contributed by atoms with E-state index in [1.54, 1.807) is 0 Å². The first-order valence-corrected chi connectivity index (χ1v) is 48.4. The van der Waals surface area contributed by atoms with Crippen molar-refractivity contribution in [2.45, 2.75) is 484 Å². The van der Waals surface area contributed by atoms with Gasteiger partial charge in [-0.15, -0.1) is 0 Å². The zero-order chi connectivity index (χ0) is 78.6. The Labute approximate surface area is 658 Å². The molecule has 0 aliphatic rings. The minimum atomic E-state index is -4.97. The highest BCUT2D eigenvalue weighted by atomic mass is 31.2. The summed E-state index contributed by atoms with van der Waals surface area (Å²) in [6.45, 7) is 12.1. The Balaban J connectivity index is 5.20. The van der Waals surface area contributed by atoms with Crippen LogP contribution in [0.3, 0.4) is 0 Å². The van der Waals surface area contributed by atoms with Crippen LogP contribution in [0.15, 0.2) is 0 Å². The first-order chi connectivity index (χ1) is 51.8. The Bertz CT molecular complexity index is 2060. The van der Waals surface area contributed by atoms with E-state index in [4.69, 9.17) is 37.0 Å². The number of hydrogen-bond acceptors (Lipinski definition) is 15. The fourth-order valence-electron chi connectivity index (χ4n) is 13.7. The number of unbranched alkanes of at least 4 members (excludes halogenated alkanes) is 52. The van der Waals surface area contributed by atoms with E-state index in [1.165, 1.54) is 276 Å². The van der Waals surface area contributed by atoms with Gasteiger partial charge < -0.3 is 33.8 Å². The highest BCUT2D eigenvalue weighted by Crippen LogP contribution is 2.45. The predicted octanol–water partition coefficient (Wildman–Crippen LogP) is 26.9. The van der Waals surface area contributed by atoms with Gasteiger partial charge in [0.1, 0.15) is 19.3 Å². The van der Waals surface area contributed by atoms with Crippen molar-refractivity contribution < 1.29 is 80.2 Å². The molecular formula is C88H172O17P2. The van der Waals surface area contributed by atoms with Crippen LogP contribution in [0, 0.1) is 17.8 Å². The minimum Gasteiger partial charge on any atom is -0.462 e. The first kappa shape index (κ1) is 105. The molecule has 19 heteroatoms. The van der Waals surface area contributed by atoms with Crippen LogP contribution in [-0.4, -0.2) is 96.7 Å². The number of carbonyl (C=O) groups excluding carboxylic acids is 4. The summed E-state index contributed by atoms with van der Waals surface area (Å²) in [5.74, 6) is 0.368. The van der Waals surface area contributed by atoms with E-state index in [0.717, 1.165) is 108 Å². The molecule has 0 spiro atoms. The van der Waals surface area contributed by atoms with Gasteiger partial charge in [0, 0.05) is 25.7 Å². The molecule has 0 heterocycles. The fourth-order valence-corrected chi connectivity index (χ4v) is 15.2. The van der Waals surface area contributed by atoms with Gasteiger partial charge in [0.15, 0.2) is 12.2 Å².